The Balaban J connectivity index is 0. The molecule has 0 aromatic carbocycles. The molecule has 0 heterocycles. The number of hydrogen-bond donors (Lipinski definition) is 1. The van der Waals surface area contributed by atoms with Gasteiger partial charge in [-0.25, -0.2) is 0 Å². The molecule has 1 N–H and O–H groups in total. The maximum Gasteiger partial charge on any atom is 0.0101 e. The first-order valence-electron chi connectivity index (χ1n) is 3.50. The molecule has 0 aromatic rings. The third-order valence-electron chi connectivity index (χ3n) is 0.750. The minimum Gasteiger partial charge on any atom is -0.307 e. The average molecular weight is 230 g/mol. The monoisotopic (exact) mass is 231 g/mol. The van der Waals surface area contributed by atoms with Crippen LogP contribution in [0.1, 0.15) is 41.5 Å². The Morgan fingerprint density at radius 1 is 0.700 bits per heavy atom. The summed E-state index contributed by atoms with van der Waals surface area (Å²) in [6.45, 7) is 13.1. The van der Waals surface area contributed by atoms with E-state index < -0.39 is 0 Å². The van der Waals surface area contributed by atoms with Crippen molar-refractivity contribution in [2.75, 3.05) is 0 Å². The zero-order valence-electron chi connectivity index (χ0n) is 7.85. The van der Waals surface area contributed by atoms with Crippen molar-refractivity contribution < 1.29 is 19.5 Å². The van der Waals surface area contributed by atoms with Crippen molar-refractivity contribution in [3.05, 3.63) is 0 Å². The van der Waals surface area contributed by atoms with Gasteiger partial charge in [0, 0.05) is 30.6 Å². The zero-order valence-corrected chi connectivity index (χ0v) is 9.59. The zero-order chi connectivity index (χ0) is 7.71. The first-order valence-corrected chi connectivity index (χ1v) is 3.50. The molecule has 0 bridgehead atoms. The van der Waals surface area contributed by atoms with Crippen LogP contribution in [0, 0.1) is 0 Å². The molecule has 0 fully saturated rings. The van der Waals surface area contributed by atoms with Crippen molar-refractivity contribution in [1.29, 1.82) is 0 Å². The van der Waals surface area contributed by atoms with Gasteiger partial charge in [-0.15, -0.1) is 0 Å². The van der Waals surface area contributed by atoms with Crippen LogP contribution in [0.3, 0.4) is 0 Å². The summed E-state index contributed by atoms with van der Waals surface area (Å²) >= 11 is 0. The Morgan fingerprint density at radius 2 is 0.900 bits per heavy atom. The first kappa shape index (κ1) is 13.2. The maximum absolute atomic E-state index is 3.46. The van der Waals surface area contributed by atoms with Gasteiger partial charge in [0.2, 0.25) is 0 Å². The number of hydrogen-bond acceptors (Lipinski definition) is 1. The fraction of sp³-hybridized carbons (Fsp3) is 1.00. The van der Waals surface area contributed by atoms with Crippen LogP contribution in [0.5, 0.6) is 0 Å². The van der Waals surface area contributed by atoms with Gasteiger partial charge < -0.3 is 5.32 Å². The minimum absolute atomic E-state index is 0. The molecule has 0 rings (SSSR count). The van der Waals surface area contributed by atoms with Crippen molar-refractivity contribution >= 4 is 0 Å². The maximum atomic E-state index is 3.46. The van der Waals surface area contributed by atoms with Gasteiger partial charge in [0.05, 0.1) is 0 Å². The predicted molar refractivity (Wildman–Crippen MR) is 42.6 cm³/mol. The number of rotatable bonds is 0. The molecule has 0 saturated carbocycles. The topological polar surface area (TPSA) is 12.0 Å². The third-order valence-corrected chi connectivity index (χ3v) is 0.750. The van der Waals surface area contributed by atoms with Crippen molar-refractivity contribution in [1.82, 2.24) is 5.32 Å². The van der Waals surface area contributed by atoms with Crippen molar-refractivity contribution in [3.8, 4) is 0 Å². The molecule has 64 valence electrons. The summed E-state index contributed by atoms with van der Waals surface area (Å²) in [6, 6.07) is 0. The summed E-state index contributed by atoms with van der Waals surface area (Å²) in [5.41, 5.74) is 0.469. The summed E-state index contributed by atoms with van der Waals surface area (Å²) < 4.78 is 0. The molecule has 0 aliphatic carbocycles. The summed E-state index contributed by atoms with van der Waals surface area (Å²) in [5, 5.41) is 3.46. The molecule has 10 heavy (non-hydrogen) atoms. The van der Waals surface area contributed by atoms with Crippen LogP contribution in [0.4, 0.5) is 0 Å². The Morgan fingerprint density at radius 3 is 0.900 bits per heavy atom. The van der Waals surface area contributed by atoms with Gasteiger partial charge in [-0.05, 0) is 41.5 Å². The summed E-state index contributed by atoms with van der Waals surface area (Å²) in [5.74, 6) is 0. The average Bonchev–Trinajstić information content (AvgIpc) is 1.14. The second-order valence-electron chi connectivity index (χ2n) is 4.62. The normalized spacial score (nSPS) is 12.6. The third kappa shape index (κ3) is 11.4. The van der Waals surface area contributed by atoms with E-state index in [0.29, 0.717) is 0 Å². The summed E-state index contributed by atoms with van der Waals surface area (Å²) in [4.78, 5) is 0. The van der Waals surface area contributed by atoms with Crippen LogP contribution in [-0.2, 0) is 19.5 Å². The van der Waals surface area contributed by atoms with Gasteiger partial charge in [-0.2, -0.15) is 0 Å². The molecule has 0 aliphatic rings. The molecule has 0 aliphatic heterocycles. The predicted octanol–water partition coefficient (Wildman–Crippen LogP) is 2.17. The van der Waals surface area contributed by atoms with Gasteiger partial charge in [-0.1, -0.05) is 0 Å². The van der Waals surface area contributed by atoms with Gasteiger partial charge >= 0.3 is 0 Å². The standard InChI is InChI=1S/C8H19N.Ru/c1-7(2,3)9-8(4,5)6;/h9H,1-6H3;. The SMILES string of the molecule is CC(C)(C)NC(C)(C)C.[Ru]. The molecule has 0 radical (unpaired) electrons. The fourth-order valence-electron chi connectivity index (χ4n) is 1.12. The van der Waals surface area contributed by atoms with Gasteiger partial charge in [0.1, 0.15) is 0 Å². The second kappa shape index (κ2) is 3.83. The van der Waals surface area contributed by atoms with Crippen LogP contribution in [0.25, 0.3) is 0 Å². The van der Waals surface area contributed by atoms with Crippen LogP contribution in [0.15, 0.2) is 0 Å². The van der Waals surface area contributed by atoms with Crippen molar-refractivity contribution in [2.45, 2.75) is 52.6 Å². The van der Waals surface area contributed by atoms with E-state index in [2.05, 4.69) is 46.9 Å². The summed E-state index contributed by atoms with van der Waals surface area (Å²) in [6.07, 6.45) is 0. The molecule has 0 amide bonds. The second-order valence-corrected chi connectivity index (χ2v) is 4.62. The van der Waals surface area contributed by atoms with E-state index in [0.717, 1.165) is 0 Å². The largest absolute Gasteiger partial charge is 0.307 e. The fourth-order valence-corrected chi connectivity index (χ4v) is 1.12. The van der Waals surface area contributed by atoms with Crippen LogP contribution < -0.4 is 5.32 Å². The smallest absolute Gasteiger partial charge is 0.0101 e. The molecule has 0 atom stereocenters. The van der Waals surface area contributed by atoms with E-state index in [4.69, 9.17) is 0 Å². The molecule has 2 heteroatoms. The van der Waals surface area contributed by atoms with E-state index in [-0.39, 0.29) is 30.6 Å². The number of nitrogens with one attached hydrogen (secondary N) is 1. The van der Waals surface area contributed by atoms with Crippen LogP contribution >= 0.6 is 0 Å². The summed E-state index contributed by atoms with van der Waals surface area (Å²) in [7, 11) is 0. The van der Waals surface area contributed by atoms with Crippen molar-refractivity contribution in [2.24, 2.45) is 0 Å². The Bertz CT molecular complexity index is 74.4. The van der Waals surface area contributed by atoms with E-state index >= 15 is 0 Å². The molecule has 0 spiro atoms. The van der Waals surface area contributed by atoms with E-state index in [1.165, 1.54) is 0 Å². The Kier molecular flexibility index (Phi) is 5.05. The van der Waals surface area contributed by atoms with E-state index in [1.807, 2.05) is 0 Å². The van der Waals surface area contributed by atoms with Gasteiger partial charge in [0.25, 0.3) is 0 Å². The quantitative estimate of drug-likeness (QED) is 0.629. The van der Waals surface area contributed by atoms with Crippen LogP contribution in [-0.4, -0.2) is 11.1 Å². The van der Waals surface area contributed by atoms with Crippen molar-refractivity contribution in [3.63, 3.8) is 0 Å². The molecule has 1 nitrogen and oxygen atoms in total. The van der Waals surface area contributed by atoms with E-state index in [1.54, 1.807) is 0 Å². The molecular formula is C8H19NRu. The first-order chi connectivity index (χ1) is 3.71. The van der Waals surface area contributed by atoms with Gasteiger partial charge in [-0.3, -0.25) is 0 Å². The van der Waals surface area contributed by atoms with Crippen LogP contribution in [0.2, 0.25) is 0 Å². The Hall–Kier alpha value is 0.583. The van der Waals surface area contributed by atoms with Gasteiger partial charge in [0.15, 0.2) is 0 Å². The molecule has 0 unspecified atom stereocenters. The Labute approximate surface area is 77.7 Å². The molecule has 0 aromatic heterocycles. The minimum atomic E-state index is 0. The molecule has 0 saturated heterocycles. The molecular weight excluding hydrogens is 211 g/mol. The van der Waals surface area contributed by atoms with E-state index in [9.17, 15) is 0 Å².